The number of aryl methyl sites for hydroxylation is 1. The van der Waals surface area contributed by atoms with E-state index in [4.69, 9.17) is 19.7 Å². The van der Waals surface area contributed by atoms with Gasteiger partial charge >= 0.3 is 12.0 Å². The molecule has 13 heteroatoms. The average Bonchev–Trinajstić information content (AvgIpc) is 3.20. The number of amides is 2. The lowest BCUT2D eigenvalue weighted by atomic mass is 10.1. The highest BCUT2D eigenvalue weighted by molar-refractivity contribution is 7.11. The van der Waals surface area contributed by atoms with Crippen molar-refractivity contribution in [3.63, 3.8) is 0 Å². The van der Waals surface area contributed by atoms with Crippen molar-refractivity contribution < 1.29 is 38.1 Å². The van der Waals surface area contributed by atoms with Crippen LogP contribution in [0.3, 0.4) is 0 Å². The highest BCUT2D eigenvalue weighted by atomic mass is 32.1. The van der Waals surface area contributed by atoms with Crippen molar-refractivity contribution in [2.45, 2.75) is 26.4 Å². The number of carbonyl (C=O) groups is 2. The molecule has 10 nitrogen and oxygen atoms in total. The van der Waals surface area contributed by atoms with Gasteiger partial charge in [-0.3, -0.25) is 10.2 Å². The summed E-state index contributed by atoms with van der Waals surface area (Å²) in [5, 5.41) is 23.3. The number of nitrogens with zero attached hydrogens (tertiary/aromatic N) is 2. The number of benzene rings is 1. The maximum atomic E-state index is 14.1. The van der Waals surface area contributed by atoms with E-state index in [1.54, 1.807) is 6.92 Å². The van der Waals surface area contributed by atoms with Gasteiger partial charge in [0.25, 0.3) is 0 Å². The first-order chi connectivity index (χ1) is 16.8. The summed E-state index contributed by atoms with van der Waals surface area (Å²) in [6.07, 6.45) is 1.38. The lowest BCUT2D eigenvalue weighted by Gasteiger charge is -2.19. The van der Waals surface area contributed by atoms with Crippen LogP contribution in [-0.2, 0) is 11.3 Å². The maximum Gasteiger partial charge on any atom is 0.346 e. The van der Waals surface area contributed by atoms with Gasteiger partial charge in [0.05, 0.1) is 25.9 Å². The summed E-state index contributed by atoms with van der Waals surface area (Å²) in [6.45, 7) is 2.97. The summed E-state index contributed by atoms with van der Waals surface area (Å²) in [5.41, 5.74) is -0.0646. The first kappa shape index (κ1) is 28.4. The molecule has 4 N–H and O–H groups in total. The number of urea groups is 1. The molecule has 0 saturated heterocycles. The van der Waals surface area contributed by atoms with E-state index in [-0.39, 0.29) is 35.2 Å². The summed E-state index contributed by atoms with van der Waals surface area (Å²) < 4.78 is 42.3. The molecule has 0 atom stereocenters. The molecule has 0 radical (unpaired) electrons. The molecule has 1 aromatic heterocycles. The third-order valence-electron chi connectivity index (χ3n) is 4.94. The van der Waals surface area contributed by atoms with Gasteiger partial charge < -0.3 is 25.0 Å². The van der Waals surface area contributed by atoms with Crippen LogP contribution in [0.5, 0.6) is 5.88 Å². The Morgan fingerprint density at radius 3 is 2.37 bits per heavy atom. The fourth-order valence-electron chi connectivity index (χ4n) is 3.18. The maximum absolute atomic E-state index is 14.1. The quantitative estimate of drug-likeness (QED) is 0.222. The molecule has 35 heavy (non-hydrogen) atoms. The van der Waals surface area contributed by atoms with E-state index in [0.29, 0.717) is 38.2 Å². The molecule has 2 aromatic rings. The van der Waals surface area contributed by atoms with Gasteiger partial charge in [-0.25, -0.2) is 18.4 Å². The van der Waals surface area contributed by atoms with E-state index in [1.165, 1.54) is 0 Å². The zero-order valence-corrected chi connectivity index (χ0v) is 20.4. The smallest absolute Gasteiger partial charge is 0.346 e. The Balaban J connectivity index is 1.94. The lowest BCUT2D eigenvalue weighted by Crippen LogP contribution is -2.32. The average molecular weight is 517 g/mol. The fourth-order valence-corrected chi connectivity index (χ4v) is 3.90. The summed E-state index contributed by atoms with van der Waals surface area (Å²) >= 11 is 0.763. The molecule has 0 bridgehead atoms. The molecule has 194 valence electrons. The lowest BCUT2D eigenvalue weighted by molar-refractivity contribution is 0.0596. The van der Waals surface area contributed by atoms with E-state index < -0.39 is 30.2 Å². The number of methoxy groups -OCH3 is 1. The van der Waals surface area contributed by atoms with Crippen LogP contribution in [0, 0.1) is 18.6 Å². The number of aliphatic hydroxyl groups is 2. The van der Waals surface area contributed by atoms with Crippen molar-refractivity contribution in [3.8, 4) is 5.88 Å². The number of anilines is 1. The molecule has 2 amide bonds. The fraction of sp³-hybridized carbons (Fsp3) is 0.500. The van der Waals surface area contributed by atoms with E-state index in [9.17, 15) is 18.4 Å². The second kappa shape index (κ2) is 14.5. The molecule has 0 aliphatic rings. The minimum absolute atomic E-state index is 0.00135. The van der Waals surface area contributed by atoms with E-state index >= 15 is 0 Å². The predicted octanol–water partition coefficient (Wildman–Crippen LogP) is 2.28. The number of carbonyl (C=O) groups excluding carboxylic acids is 2. The van der Waals surface area contributed by atoms with Gasteiger partial charge in [0.2, 0.25) is 5.88 Å². The third-order valence-corrected chi connectivity index (χ3v) is 5.68. The molecular formula is C22H30F2N4O6S. The van der Waals surface area contributed by atoms with E-state index in [0.717, 1.165) is 37.2 Å². The van der Waals surface area contributed by atoms with Gasteiger partial charge in [0, 0.05) is 19.6 Å². The molecule has 2 rings (SSSR count). The number of unbranched alkanes of at least 4 members (excludes halogenated alkanes) is 1. The summed E-state index contributed by atoms with van der Waals surface area (Å²) in [6, 6.07) is 1.75. The normalized spacial score (nSPS) is 10.9. The Hall–Kier alpha value is -2.87. The predicted molar refractivity (Wildman–Crippen MR) is 126 cm³/mol. The Bertz CT molecular complexity index is 962. The monoisotopic (exact) mass is 516 g/mol. The summed E-state index contributed by atoms with van der Waals surface area (Å²) in [4.78, 5) is 26.4. The number of esters is 1. The standard InChI is InChI=1S/C22H30F2N4O6S/c1-14-11-16(23)15(17(24)12-14)13-34-19-18(21(31)33-2)20(35-27-19)26-22(32)25-5-3-4-6-28(7-9-29)8-10-30/h11-12,29-30H,3-10,13H2,1-2H3,(H2,25,26,32). The summed E-state index contributed by atoms with van der Waals surface area (Å²) in [5.74, 6) is -2.62. The van der Waals surface area contributed by atoms with Gasteiger partial charge in [0.15, 0.2) is 5.56 Å². The molecule has 0 saturated carbocycles. The topological polar surface area (TPSA) is 133 Å². The number of hydrogen-bond acceptors (Lipinski definition) is 9. The highest BCUT2D eigenvalue weighted by Crippen LogP contribution is 2.32. The van der Waals surface area contributed by atoms with Crippen LogP contribution in [0.4, 0.5) is 18.6 Å². The molecule has 1 aromatic carbocycles. The van der Waals surface area contributed by atoms with Crippen LogP contribution < -0.4 is 15.4 Å². The van der Waals surface area contributed by atoms with Gasteiger partial charge in [-0.15, -0.1) is 0 Å². The van der Waals surface area contributed by atoms with Crippen LogP contribution in [-0.4, -0.2) is 78.0 Å². The minimum atomic E-state index is -0.832. The van der Waals surface area contributed by atoms with Crippen LogP contribution in [0.2, 0.25) is 0 Å². The Morgan fingerprint density at radius 2 is 1.77 bits per heavy atom. The van der Waals surface area contributed by atoms with Crippen molar-refractivity contribution >= 4 is 28.5 Å². The van der Waals surface area contributed by atoms with Gasteiger partial charge in [0.1, 0.15) is 23.2 Å². The number of halogens is 2. The molecule has 0 unspecified atom stereocenters. The largest absolute Gasteiger partial charge is 0.471 e. The Kier molecular flexibility index (Phi) is 11.8. The molecular weight excluding hydrogens is 486 g/mol. The van der Waals surface area contributed by atoms with Crippen LogP contribution in [0.15, 0.2) is 12.1 Å². The van der Waals surface area contributed by atoms with E-state index in [1.807, 2.05) is 4.90 Å². The second-order valence-electron chi connectivity index (χ2n) is 7.56. The number of ether oxygens (including phenoxy) is 2. The number of nitrogens with one attached hydrogen (secondary N) is 2. The third kappa shape index (κ3) is 8.69. The van der Waals surface area contributed by atoms with Crippen LogP contribution in [0.1, 0.15) is 34.3 Å². The van der Waals surface area contributed by atoms with Gasteiger partial charge in [-0.2, -0.15) is 4.37 Å². The van der Waals surface area contributed by atoms with Crippen molar-refractivity contribution in [2.24, 2.45) is 0 Å². The van der Waals surface area contributed by atoms with Crippen molar-refractivity contribution in [1.29, 1.82) is 0 Å². The first-order valence-electron chi connectivity index (χ1n) is 10.9. The molecule has 0 fully saturated rings. The minimum Gasteiger partial charge on any atom is -0.471 e. The molecule has 1 heterocycles. The zero-order valence-electron chi connectivity index (χ0n) is 19.6. The van der Waals surface area contributed by atoms with E-state index in [2.05, 4.69) is 15.0 Å². The second-order valence-corrected chi connectivity index (χ2v) is 8.33. The van der Waals surface area contributed by atoms with Gasteiger partial charge in [-0.1, -0.05) is 0 Å². The molecule has 0 aliphatic heterocycles. The van der Waals surface area contributed by atoms with Crippen LogP contribution in [0.25, 0.3) is 0 Å². The van der Waals surface area contributed by atoms with Crippen molar-refractivity contribution in [2.75, 3.05) is 51.8 Å². The van der Waals surface area contributed by atoms with Crippen molar-refractivity contribution in [3.05, 3.63) is 40.5 Å². The highest BCUT2D eigenvalue weighted by Gasteiger charge is 2.25. The number of aliphatic hydroxyl groups excluding tert-OH is 2. The van der Waals surface area contributed by atoms with Crippen LogP contribution >= 0.6 is 11.5 Å². The zero-order chi connectivity index (χ0) is 25.8. The number of rotatable bonds is 14. The molecule has 0 aliphatic carbocycles. The number of aromatic nitrogens is 1. The first-order valence-corrected chi connectivity index (χ1v) is 11.7. The van der Waals surface area contributed by atoms with Gasteiger partial charge in [-0.05, 0) is 55.5 Å². The Labute approximate surface area is 206 Å². The number of hydrogen-bond donors (Lipinski definition) is 4. The SMILES string of the molecule is COC(=O)c1c(OCc2c(F)cc(C)cc2F)nsc1NC(=O)NCCCCN(CCO)CCO. The summed E-state index contributed by atoms with van der Waals surface area (Å²) in [7, 11) is 1.14. The Morgan fingerprint density at radius 1 is 1.11 bits per heavy atom. The molecule has 0 spiro atoms. The van der Waals surface area contributed by atoms with Crippen molar-refractivity contribution in [1.82, 2.24) is 14.6 Å².